The molecule has 0 fully saturated rings. The average molecular weight is 292 g/mol. The molecule has 0 spiro atoms. The van der Waals surface area contributed by atoms with Crippen LogP contribution in [0.25, 0.3) is 0 Å². The van der Waals surface area contributed by atoms with Crippen molar-refractivity contribution in [2.75, 3.05) is 20.3 Å². The molecule has 0 aliphatic carbocycles. The smallest absolute Gasteiger partial charge is 0.411 e. The summed E-state index contributed by atoms with van der Waals surface area (Å²) in [6.45, 7) is 2.24. The maximum atomic E-state index is 12.1. The molecular weight excluding hydrogens is 273 g/mol. The van der Waals surface area contributed by atoms with E-state index in [0.717, 1.165) is 22.4 Å². The summed E-state index contributed by atoms with van der Waals surface area (Å²) < 4.78 is 46.0. The standard InChI is InChI=1S/C13H19F3N2O2/c1-8-5-12(19-3)9(2)4-10(8)11(18-17)6-20-7-13(14,15)16/h4-5,11,18H,6-7,17H2,1-3H3. The third kappa shape index (κ3) is 4.66. The summed E-state index contributed by atoms with van der Waals surface area (Å²) in [5.74, 6) is 6.12. The molecule has 0 radical (unpaired) electrons. The molecule has 1 unspecified atom stereocenters. The number of hydrazine groups is 1. The quantitative estimate of drug-likeness (QED) is 0.624. The number of aryl methyl sites for hydroxylation is 2. The van der Waals surface area contributed by atoms with E-state index in [4.69, 9.17) is 10.6 Å². The molecule has 0 saturated carbocycles. The van der Waals surface area contributed by atoms with E-state index in [2.05, 4.69) is 10.2 Å². The summed E-state index contributed by atoms with van der Waals surface area (Å²) in [5, 5.41) is 0. The van der Waals surface area contributed by atoms with Crippen LogP contribution in [0.1, 0.15) is 22.7 Å². The summed E-state index contributed by atoms with van der Waals surface area (Å²) in [6.07, 6.45) is -4.34. The zero-order valence-corrected chi connectivity index (χ0v) is 11.7. The molecule has 0 heterocycles. The second-order valence-electron chi connectivity index (χ2n) is 4.53. The molecule has 0 bridgehead atoms. The molecule has 3 N–H and O–H groups in total. The monoisotopic (exact) mass is 292 g/mol. The highest BCUT2D eigenvalue weighted by Gasteiger charge is 2.28. The maximum absolute atomic E-state index is 12.1. The van der Waals surface area contributed by atoms with Gasteiger partial charge in [-0.2, -0.15) is 13.2 Å². The number of rotatable bonds is 6. The van der Waals surface area contributed by atoms with Crippen LogP contribution in [0.3, 0.4) is 0 Å². The number of nitrogens with two attached hydrogens (primary N) is 1. The van der Waals surface area contributed by atoms with Gasteiger partial charge in [-0.25, -0.2) is 0 Å². The number of hydrogen-bond acceptors (Lipinski definition) is 4. The first-order chi connectivity index (χ1) is 9.28. The summed E-state index contributed by atoms with van der Waals surface area (Å²) in [5.41, 5.74) is 5.01. The average Bonchev–Trinajstić information content (AvgIpc) is 2.36. The van der Waals surface area contributed by atoms with Crippen molar-refractivity contribution in [3.63, 3.8) is 0 Å². The molecule has 114 valence electrons. The van der Waals surface area contributed by atoms with Crippen molar-refractivity contribution in [3.05, 3.63) is 28.8 Å². The Bertz CT molecular complexity index is 450. The van der Waals surface area contributed by atoms with Gasteiger partial charge in [-0.05, 0) is 36.6 Å². The Morgan fingerprint density at radius 3 is 2.40 bits per heavy atom. The van der Waals surface area contributed by atoms with Crippen LogP contribution < -0.4 is 16.0 Å². The summed E-state index contributed by atoms with van der Waals surface area (Å²) in [4.78, 5) is 0. The zero-order valence-electron chi connectivity index (χ0n) is 11.7. The van der Waals surface area contributed by atoms with Gasteiger partial charge < -0.3 is 9.47 Å². The normalized spacial score (nSPS) is 13.3. The molecule has 1 rings (SSSR count). The second-order valence-corrected chi connectivity index (χ2v) is 4.53. The summed E-state index contributed by atoms with van der Waals surface area (Å²) in [7, 11) is 1.56. The zero-order chi connectivity index (χ0) is 15.3. The Hall–Kier alpha value is -1.31. The SMILES string of the molecule is COc1cc(C)c(C(COCC(F)(F)F)NN)cc1C. The Kier molecular flexibility index (Phi) is 5.79. The van der Waals surface area contributed by atoms with Gasteiger partial charge in [-0.3, -0.25) is 11.3 Å². The van der Waals surface area contributed by atoms with Crippen LogP contribution in [0.4, 0.5) is 13.2 Å². The molecule has 1 atom stereocenters. The number of ether oxygens (including phenoxy) is 2. The van der Waals surface area contributed by atoms with Crippen molar-refractivity contribution in [2.24, 2.45) is 5.84 Å². The molecule has 0 amide bonds. The number of halogens is 3. The number of nitrogens with one attached hydrogen (secondary N) is 1. The van der Waals surface area contributed by atoms with Crippen molar-refractivity contribution in [3.8, 4) is 5.75 Å². The lowest BCUT2D eigenvalue weighted by molar-refractivity contribution is -0.175. The molecule has 1 aromatic carbocycles. The molecule has 0 aliphatic heterocycles. The second kappa shape index (κ2) is 6.92. The number of methoxy groups -OCH3 is 1. The van der Waals surface area contributed by atoms with Gasteiger partial charge in [0.2, 0.25) is 0 Å². The molecule has 7 heteroatoms. The van der Waals surface area contributed by atoms with Gasteiger partial charge in [-0.1, -0.05) is 6.07 Å². The van der Waals surface area contributed by atoms with Crippen LogP contribution in [0.5, 0.6) is 5.75 Å². The Labute approximate surface area is 116 Å². The van der Waals surface area contributed by atoms with E-state index in [-0.39, 0.29) is 6.61 Å². The highest BCUT2D eigenvalue weighted by Crippen LogP contribution is 2.27. The lowest BCUT2D eigenvalue weighted by Crippen LogP contribution is -2.33. The van der Waals surface area contributed by atoms with Crippen molar-refractivity contribution in [1.82, 2.24) is 5.43 Å². The number of alkyl halides is 3. The van der Waals surface area contributed by atoms with Crippen LogP contribution in [0, 0.1) is 13.8 Å². The van der Waals surface area contributed by atoms with Gasteiger partial charge in [0.1, 0.15) is 12.4 Å². The number of hydrogen-bond donors (Lipinski definition) is 2. The molecule has 0 aromatic heterocycles. The Morgan fingerprint density at radius 1 is 1.25 bits per heavy atom. The minimum Gasteiger partial charge on any atom is -0.496 e. The first-order valence-electron chi connectivity index (χ1n) is 6.04. The van der Waals surface area contributed by atoms with Crippen molar-refractivity contribution in [2.45, 2.75) is 26.1 Å². The third-order valence-corrected chi connectivity index (χ3v) is 2.91. The lowest BCUT2D eigenvalue weighted by atomic mass is 9.99. The van der Waals surface area contributed by atoms with Crippen molar-refractivity contribution >= 4 is 0 Å². The first-order valence-corrected chi connectivity index (χ1v) is 6.04. The van der Waals surface area contributed by atoms with Gasteiger partial charge in [-0.15, -0.1) is 0 Å². The Morgan fingerprint density at radius 2 is 1.90 bits per heavy atom. The van der Waals surface area contributed by atoms with Gasteiger partial charge in [0.05, 0.1) is 19.8 Å². The molecule has 1 aromatic rings. The summed E-state index contributed by atoms with van der Waals surface area (Å²) in [6, 6.07) is 3.14. The maximum Gasteiger partial charge on any atom is 0.411 e. The molecule has 4 nitrogen and oxygen atoms in total. The fourth-order valence-electron chi connectivity index (χ4n) is 1.93. The topological polar surface area (TPSA) is 56.5 Å². The van der Waals surface area contributed by atoms with E-state index in [1.165, 1.54) is 0 Å². The minimum absolute atomic E-state index is 0.164. The van der Waals surface area contributed by atoms with E-state index >= 15 is 0 Å². The highest BCUT2D eigenvalue weighted by atomic mass is 19.4. The summed E-state index contributed by atoms with van der Waals surface area (Å²) >= 11 is 0. The number of benzene rings is 1. The van der Waals surface area contributed by atoms with Crippen LogP contribution >= 0.6 is 0 Å². The fraction of sp³-hybridized carbons (Fsp3) is 0.538. The van der Waals surface area contributed by atoms with Crippen LogP contribution in [0.2, 0.25) is 0 Å². The fourth-order valence-corrected chi connectivity index (χ4v) is 1.93. The van der Waals surface area contributed by atoms with Crippen LogP contribution in [-0.4, -0.2) is 26.5 Å². The minimum atomic E-state index is -4.34. The van der Waals surface area contributed by atoms with Crippen molar-refractivity contribution < 1.29 is 22.6 Å². The van der Waals surface area contributed by atoms with E-state index in [9.17, 15) is 13.2 Å². The van der Waals surface area contributed by atoms with Crippen molar-refractivity contribution in [1.29, 1.82) is 0 Å². The van der Waals surface area contributed by atoms with Gasteiger partial charge in [0.25, 0.3) is 0 Å². The largest absolute Gasteiger partial charge is 0.496 e. The van der Waals surface area contributed by atoms with E-state index < -0.39 is 18.8 Å². The third-order valence-electron chi connectivity index (χ3n) is 2.91. The molecule has 0 saturated heterocycles. The van der Waals surface area contributed by atoms with Gasteiger partial charge in [0, 0.05) is 0 Å². The molecule has 0 aliphatic rings. The van der Waals surface area contributed by atoms with Crippen LogP contribution in [0.15, 0.2) is 12.1 Å². The first kappa shape index (κ1) is 16.7. The van der Waals surface area contributed by atoms with Crippen LogP contribution in [-0.2, 0) is 4.74 Å². The molecular formula is C13H19F3N2O2. The van der Waals surface area contributed by atoms with E-state index in [0.29, 0.717) is 0 Å². The van der Waals surface area contributed by atoms with Gasteiger partial charge >= 0.3 is 6.18 Å². The van der Waals surface area contributed by atoms with E-state index in [1.807, 2.05) is 26.0 Å². The predicted molar refractivity (Wildman–Crippen MR) is 69.4 cm³/mol. The highest BCUT2D eigenvalue weighted by molar-refractivity contribution is 5.42. The Balaban J connectivity index is 2.82. The lowest BCUT2D eigenvalue weighted by Gasteiger charge is -2.20. The predicted octanol–water partition coefficient (Wildman–Crippen LogP) is 2.40. The van der Waals surface area contributed by atoms with E-state index in [1.54, 1.807) is 7.11 Å². The van der Waals surface area contributed by atoms with Gasteiger partial charge in [0.15, 0.2) is 0 Å². The molecule has 20 heavy (non-hydrogen) atoms.